The number of aromatic nitrogens is 3. The molecule has 0 radical (unpaired) electrons. The summed E-state index contributed by atoms with van der Waals surface area (Å²) in [7, 11) is 0. The van der Waals surface area contributed by atoms with Gasteiger partial charge in [0.25, 0.3) is 5.91 Å². The summed E-state index contributed by atoms with van der Waals surface area (Å²) in [6.07, 6.45) is 1.61. The fourth-order valence-corrected chi connectivity index (χ4v) is 3.56. The van der Waals surface area contributed by atoms with E-state index in [1.165, 1.54) is 11.8 Å². The monoisotopic (exact) mass is 364 g/mol. The quantitative estimate of drug-likeness (QED) is 0.542. The highest BCUT2D eigenvalue weighted by Gasteiger charge is 2.14. The number of rotatable bonds is 5. The summed E-state index contributed by atoms with van der Waals surface area (Å²) in [5, 5.41) is 3.89. The van der Waals surface area contributed by atoms with Gasteiger partial charge in [-0.25, -0.2) is 9.66 Å². The number of nitrogens with zero attached hydrogens (tertiary/aromatic N) is 3. The Labute approximate surface area is 154 Å². The predicted octanol–water partition coefficient (Wildman–Crippen LogP) is 4.01. The molecule has 0 spiro atoms. The number of aryl methyl sites for hydroxylation is 1. The lowest BCUT2D eigenvalue weighted by Crippen LogP contribution is -2.22. The van der Waals surface area contributed by atoms with Crippen LogP contribution in [0.5, 0.6) is 0 Å². The predicted molar refractivity (Wildman–Crippen MR) is 101 cm³/mol. The Morgan fingerprint density at radius 1 is 1.19 bits per heavy atom. The van der Waals surface area contributed by atoms with E-state index in [4.69, 9.17) is 4.52 Å². The average molecular weight is 364 g/mol. The van der Waals surface area contributed by atoms with Crippen LogP contribution in [0.1, 0.15) is 21.8 Å². The number of fused-ring (bicyclic) bond motifs is 1. The van der Waals surface area contributed by atoms with Gasteiger partial charge in [0.2, 0.25) is 0 Å². The number of amides is 1. The van der Waals surface area contributed by atoms with Gasteiger partial charge in [-0.05, 0) is 31.2 Å². The highest BCUT2D eigenvalue weighted by Crippen LogP contribution is 2.27. The first kappa shape index (κ1) is 16.4. The number of carbonyl (C=O) groups is 1. The molecule has 130 valence electrons. The van der Waals surface area contributed by atoms with E-state index >= 15 is 0 Å². The van der Waals surface area contributed by atoms with Gasteiger partial charge in [-0.2, -0.15) is 0 Å². The highest BCUT2D eigenvalue weighted by atomic mass is 32.2. The maximum Gasteiger partial charge on any atom is 0.271 e. The van der Waals surface area contributed by atoms with Crippen molar-refractivity contribution in [1.29, 1.82) is 0 Å². The lowest BCUT2D eigenvalue weighted by Gasteiger charge is -2.10. The fraction of sp³-hybridized carbons (Fsp3) is 0.105. The molecule has 0 atom stereocenters. The molecular weight excluding hydrogens is 348 g/mol. The number of thioether (sulfide) groups is 1. The molecule has 0 aliphatic carbocycles. The van der Waals surface area contributed by atoms with E-state index in [1.807, 2.05) is 61.5 Å². The van der Waals surface area contributed by atoms with Gasteiger partial charge in [-0.1, -0.05) is 29.4 Å². The molecule has 1 N–H and O–H groups in total. The van der Waals surface area contributed by atoms with Crippen LogP contribution >= 0.6 is 11.8 Å². The smallest absolute Gasteiger partial charge is 0.271 e. The summed E-state index contributed by atoms with van der Waals surface area (Å²) in [4.78, 5) is 18.0. The molecule has 1 amide bonds. The maximum atomic E-state index is 12.8. The van der Waals surface area contributed by atoms with Gasteiger partial charge in [0.05, 0.1) is 28.0 Å². The number of benzene rings is 2. The van der Waals surface area contributed by atoms with Gasteiger partial charge < -0.3 is 4.52 Å². The van der Waals surface area contributed by atoms with E-state index < -0.39 is 0 Å². The first-order chi connectivity index (χ1) is 12.7. The third-order valence-corrected chi connectivity index (χ3v) is 4.95. The molecule has 0 bridgehead atoms. The Balaban J connectivity index is 1.54. The van der Waals surface area contributed by atoms with E-state index in [-0.39, 0.29) is 5.91 Å². The van der Waals surface area contributed by atoms with Crippen LogP contribution in [0.4, 0.5) is 0 Å². The summed E-state index contributed by atoms with van der Waals surface area (Å²) in [6, 6.07) is 17.0. The molecule has 0 fully saturated rings. The molecule has 0 saturated heterocycles. The Morgan fingerprint density at radius 2 is 2.00 bits per heavy atom. The number of para-hydroxylation sites is 2. The molecular formula is C19H16N4O2S. The molecule has 2 aromatic carbocycles. The van der Waals surface area contributed by atoms with Crippen molar-refractivity contribution in [3.63, 3.8) is 0 Å². The molecule has 2 aromatic heterocycles. The number of carbonyl (C=O) groups excluding carboxylic acids is 1. The Bertz CT molecular complexity index is 1070. The van der Waals surface area contributed by atoms with Crippen molar-refractivity contribution in [3.05, 3.63) is 77.9 Å². The lowest BCUT2D eigenvalue weighted by molar-refractivity contribution is 0.101. The van der Waals surface area contributed by atoms with Gasteiger partial charge >= 0.3 is 0 Å². The van der Waals surface area contributed by atoms with Crippen molar-refractivity contribution < 1.29 is 9.32 Å². The van der Waals surface area contributed by atoms with Crippen LogP contribution in [0.25, 0.3) is 11.0 Å². The van der Waals surface area contributed by atoms with E-state index in [9.17, 15) is 4.79 Å². The molecule has 0 unspecified atom stereocenters. The number of imidazole rings is 1. The van der Waals surface area contributed by atoms with Crippen molar-refractivity contribution in [2.24, 2.45) is 0 Å². The standard InChI is InChI=1S/C19H16N4O2S/c1-13-10-14(25-22-13)11-26-18-9-5-2-6-15(18)19(24)21-23-12-20-16-7-3-4-8-17(16)23/h2-10,12H,11H2,1H3,(H,21,24). The van der Waals surface area contributed by atoms with Crippen molar-refractivity contribution in [2.45, 2.75) is 17.6 Å². The van der Waals surface area contributed by atoms with Crippen molar-refractivity contribution >= 4 is 28.7 Å². The SMILES string of the molecule is Cc1cc(CSc2ccccc2C(=O)Nn2cnc3ccccc32)on1. The van der Waals surface area contributed by atoms with Crippen LogP contribution in [0.15, 0.2) is 70.3 Å². The van der Waals surface area contributed by atoms with E-state index in [1.54, 1.807) is 11.0 Å². The van der Waals surface area contributed by atoms with Gasteiger partial charge in [0, 0.05) is 11.0 Å². The maximum absolute atomic E-state index is 12.8. The molecule has 6 nitrogen and oxygen atoms in total. The Kier molecular flexibility index (Phi) is 4.45. The van der Waals surface area contributed by atoms with Gasteiger partial charge in [-0.15, -0.1) is 11.8 Å². The minimum Gasteiger partial charge on any atom is -0.360 e. The largest absolute Gasteiger partial charge is 0.360 e. The van der Waals surface area contributed by atoms with Crippen LogP contribution < -0.4 is 5.43 Å². The zero-order chi connectivity index (χ0) is 17.9. The normalized spacial score (nSPS) is 11.0. The van der Waals surface area contributed by atoms with Crippen LogP contribution in [0, 0.1) is 6.92 Å². The van der Waals surface area contributed by atoms with Crippen molar-refractivity contribution in [2.75, 3.05) is 5.43 Å². The second kappa shape index (κ2) is 7.05. The molecule has 2 heterocycles. The second-order valence-electron chi connectivity index (χ2n) is 5.76. The molecule has 0 aliphatic rings. The zero-order valence-corrected chi connectivity index (χ0v) is 14.9. The number of nitrogens with one attached hydrogen (secondary N) is 1. The van der Waals surface area contributed by atoms with E-state index in [0.29, 0.717) is 11.3 Å². The third-order valence-electron chi connectivity index (χ3n) is 3.85. The molecule has 26 heavy (non-hydrogen) atoms. The van der Waals surface area contributed by atoms with Crippen molar-refractivity contribution in [3.8, 4) is 0 Å². The molecule has 7 heteroatoms. The Hall–Kier alpha value is -3.06. The minimum atomic E-state index is -0.190. The first-order valence-corrected chi connectivity index (χ1v) is 9.07. The summed E-state index contributed by atoms with van der Waals surface area (Å²) in [5.41, 5.74) is 6.02. The van der Waals surface area contributed by atoms with Gasteiger partial charge in [-0.3, -0.25) is 10.2 Å². The summed E-state index contributed by atoms with van der Waals surface area (Å²) >= 11 is 1.54. The first-order valence-electron chi connectivity index (χ1n) is 8.08. The minimum absolute atomic E-state index is 0.190. The van der Waals surface area contributed by atoms with Crippen LogP contribution in [-0.4, -0.2) is 20.7 Å². The van der Waals surface area contributed by atoms with Crippen LogP contribution in [-0.2, 0) is 5.75 Å². The van der Waals surface area contributed by atoms with Gasteiger partial charge in [0.1, 0.15) is 12.1 Å². The second-order valence-corrected chi connectivity index (χ2v) is 6.78. The zero-order valence-electron chi connectivity index (χ0n) is 14.0. The van der Waals surface area contributed by atoms with Crippen LogP contribution in [0.3, 0.4) is 0 Å². The third kappa shape index (κ3) is 3.34. The molecule has 0 aliphatic heterocycles. The fourth-order valence-electron chi connectivity index (χ4n) is 2.63. The van der Waals surface area contributed by atoms with E-state index in [0.717, 1.165) is 27.4 Å². The number of hydrogen-bond donors (Lipinski definition) is 1. The highest BCUT2D eigenvalue weighted by molar-refractivity contribution is 7.98. The van der Waals surface area contributed by atoms with Gasteiger partial charge in [0.15, 0.2) is 0 Å². The summed E-state index contributed by atoms with van der Waals surface area (Å²) in [6.45, 7) is 1.88. The van der Waals surface area contributed by atoms with E-state index in [2.05, 4.69) is 15.6 Å². The number of hydrogen-bond acceptors (Lipinski definition) is 5. The molecule has 4 aromatic rings. The summed E-state index contributed by atoms with van der Waals surface area (Å²) in [5.74, 6) is 1.20. The molecule has 4 rings (SSSR count). The topological polar surface area (TPSA) is 73.0 Å². The lowest BCUT2D eigenvalue weighted by atomic mass is 10.2. The molecule has 0 saturated carbocycles. The Morgan fingerprint density at radius 3 is 2.85 bits per heavy atom. The summed E-state index contributed by atoms with van der Waals surface area (Å²) < 4.78 is 6.87. The average Bonchev–Trinajstić information content (AvgIpc) is 3.27. The van der Waals surface area contributed by atoms with Crippen LogP contribution in [0.2, 0.25) is 0 Å². The van der Waals surface area contributed by atoms with Crippen molar-refractivity contribution in [1.82, 2.24) is 14.8 Å².